The first kappa shape index (κ1) is 12.3. The molecule has 0 spiro atoms. The van der Waals surface area contributed by atoms with Crippen molar-refractivity contribution >= 4 is 29.3 Å². The van der Waals surface area contributed by atoms with Crippen LogP contribution in [0.25, 0.3) is 0 Å². The van der Waals surface area contributed by atoms with Crippen molar-refractivity contribution in [2.24, 2.45) is 5.92 Å². The number of aromatic nitrogens is 2. The summed E-state index contributed by atoms with van der Waals surface area (Å²) in [5, 5.41) is 1.90. The smallest absolute Gasteiger partial charge is 0.220 e. The molecule has 3 nitrogen and oxygen atoms in total. The SMILES string of the molecule is CC(C)Cc1[nH]c(=S)[nH]c1C(=O)c1cccs1. The van der Waals surface area contributed by atoms with Gasteiger partial charge < -0.3 is 9.97 Å². The first-order valence-electron chi connectivity index (χ1n) is 5.47. The second kappa shape index (κ2) is 4.98. The van der Waals surface area contributed by atoms with Gasteiger partial charge in [0.1, 0.15) is 5.69 Å². The lowest BCUT2D eigenvalue weighted by atomic mass is 10.0. The first-order valence-corrected chi connectivity index (χ1v) is 6.76. The number of thiophene rings is 1. The molecule has 0 aliphatic rings. The van der Waals surface area contributed by atoms with E-state index in [1.807, 2.05) is 17.5 Å². The van der Waals surface area contributed by atoms with Crippen molar-refractivity contribution in [1.29, 1.82) is 0 Å². The van der Waals surface area contributed by atoms with E-state index in [-0.39, 0.29) is 5.78 Å². The van der Waals surface area contributed by atoms with Gasteiger partial charge in [-0.2, -0.15) is 0 Å². The average Bonchev–Trinajstić information content (AvgIpc) is 2.85. The van der Waals surface area contributed by atoms with E-state index in [0.29, 0.717) is 16.4 Å². The molecule has 0 unspecified atom stereocenters. The molecule has 90 valence electrons. The molecule has 0 aliphatic carbocycles. The van der Waals surface area contributed by atoms with E-state index in [2.05, 4.69) is 23.8 Å². The number of hydrogen-bond donors (Lipinski definition) is 2. The fourth-order valence-corrected chi connectivity index (χ4v) is 2.60. The zero-order valence-corrected chi connectivity index (χ0v) is 11.4. The Labute approximate surface area is 109 Å². The number of carbonyl (C=O) groups is 1. The van der Waals surface area contributed by atoms with Crippen LogP contribution in [0.15, 0.2) is 17.5 Å². The Hall–Kier alpha value is -1.20. The standard InChI is InChI=1S/C12H14N2OS2/c1-7(2)6-8-10(14-12(16)13-8)11(15)9-4-3-5-17-9/h3-5,7H,6H2,1-2H3,(H2,13,14,16). The molecule has 0 radical (unpaired) electrons. The molecule has 2 N–H and O–H groups in total. The van der Waals surface area contributed by atoms with Crippen LogP contribution < -0.4 is 0 Å². The highest BCUT2D eigenvalue weighted by Gasteiger charge is 2.17. The summed E-state index contributed by atoms with van der Waals surface area (Å²) in [6.07, 6.45) is 0.819. The number of aromatic amines is 2. The van der Waals surface area contributed by atoms with Crippen LogP contribution in [0.4, 0.5) is 0 Å². The highest BCUT2D eigenvalue weighted by Crippen LogP contribution is 2.18. The first-order chi connectivity index (χ1) is 8.08. The van der Waals surface area contributed by atoms with Crippen molar-refractivity contribution in [1.82, 2.24) is 9.97 Å². The molecular weight excluding hydrogens is 252 g/mol. The van der Waals surface area contributed by atoms with Gasteiger partial charge >= 0.3 is 0 Å². The van der Waals surface area contributed by atoms with Crippen molar-refractivity contribution in [3.05, 3.63) is 38.5 Å². The molecule has 17 heavy (non-hydrogen) atoms. The molecule has 2 heterocycles. The van der Waals surface area contributed by atoms with Gasteiger partial charge in [0, 0.05) is 5.69 Å². The maximum absolute atomic E-state index is 12.2. The van der Waals surface area contributed by atoms with Crippen LogP contribution in [0.2, 0.25) is 0 Å². The van der Waals surface area contributed by atoms with Crippen molar-refractivity contribution in [3.8, 4) is 0 Å². The summed E-state index contributed by atoms with van der Waals surface area (Å²) >= 11 is 6.51. The minimum Gasteiger partial charge on any atom is -0.334 e. The number of H-pyrrole nitrogens is 2. The quantitative estimate of drug-likeness (QED) is 0.656. The molecule has 0 fully saturated rings. The molecule has 0 bridgehead atoms. The topological polar surface area (TPSA) is 48.6 Å². The predicted octanol–water partition coefficient (Wildman–Crippen LogP) is 3.56. The molecule has 2 aromatic heterocycles. The van der Waals surface area contributed by atoms with Crippen LogP contribution >= 0.6 is 23.6 Å². The van der Waals surface area contributed by atoms with Crippen LogP contribution in [0, 0.1) is 10.7 Å². The minimum absolute atomic E-state index is 0.0167. The Kier molecular flexibility index (Phi) is 3.59. The van der Waals surface area contributed by atoms with E-state index >= 15 is 0 Å². The van der Waals surface area contributed by atoms with Gasteiger partial charge in [0.05, 0.1) is 4.88 Å². The van der Waals surface area contributed by atoms with Gasteiger partial charge in [0.15, 0.2) is 4.77 Å². The lowest BCUT2D eigenvalue weighted by Gasteiger charge is -2.04. The van der Waals surface area contributed by atoms with E-state index < -0.39 is 0 Å². The van der Waals surface area contributed by atoms with E-state index in [4.69, 9.17) is 12.2 Å². The van der Waals surface area contributed by atoms with Crippen molar-refractivity contribution < 1.29 is 4.79 Å². The predicted molar refractivity (Wildman–Crippen MR) is 72.3 cm³/mol. The van der Waals surface area contributed by atoms with Crippen molar-refractivity contribution in [2.75, 3.05) is 0 Å². The largest absolute Gasteiger partial charge is 0.334 e. The van der Waals surface area contributed by atoms with Crippen molar-refractivity contribution in [3.63, 3.8) is 0 Å². The Morgan fingerprint density at radius 3 is 2.82 bits per heavy atom. The second-order valence-electron chi connectivity index (χ2n) is 4.34. The number of carbonyl (C=O) groups excluding carboxylic acids is 1. The van der Waals surface area contributed by atoms with Crippen LogP contribution in [0.1, 0.15) is 34.9 Å². The molecule has 0 atom stereocenters. The third kappa shape index (κ3) is 2.73. The molecule has 0 saturated carbocycles. The molecular formula is C12H14N2OS2. The Balaban J connectivity index is 2.38. The van der Waals surface area contributed by atoms with Crippen LogP contribution in [0.3, 0.4) is 0 Å². The maximum Gasteiger partial charge on any atom is 0.220 e. The van der Waals surface area contributed by atoms with Gasteiger partial charge in [0.2, 0.25) is 5.78 Å². The van der Waals surface area contributed by atoms with E-state index in [1.165, 1.54) is 11.3 Å². The molecule has 2 rings (SSSR count). The third-order valence-electron chi connectivity index (χ3n) is 2.39. The number of ketones is 1. The minimum atomic E-state index is 0.0167. The molecule has 0 aliphatic heterocycles. The molecule has 0 amide bonds. The molecule has 2 aromatic rings. The molecule has 0 saturated heterocycles. The van der Waals surface area contributed by atoms with Gasteiger partial charge in [-0.3, -0.25) is 4.79 Å². The van der Waals surface area contributed by atoms with Crippen LogP contribution in [0.5, 0.6) is 0 Å². The monoisotopic (exact) mass is 266 g/mol. The number of rotatable bonds is 4. The normalized spacial score (nSPS) is 11.0. The van der Waals surface area contributed by atoms with E-state index in [1.54, 1.807) is 0 Å². The third-order valence-corrected chi connectivity index (χ3v) is 3.46. The number of hydrogen-bond acceptors (Lipinski definition) is 3. The highest BCUT2D eigenvalue weighted by molar-refractivity contribution is 7.71. The zero-order chi connectivity index (χ0) is 12.4. The van der Waals surface area contributed by atoms with Gasteiger partial charge in [0.25, 0.3) is 0 Å². The summed E-state index contributed by atoms with van der Waals surface area (Å²) in [6.45, 7) is 4.23. The van der Waals surface area contributed by atoms with Crippen LogP contribution in [-0.2, 0) is 6.42 Å². The zero-order valence-electron chi connectivity index (χ0n) is 9.74. The number of imidazole rings is 1. The Bertz CT molecular complexity index is 564. The Morgan fingerprint density at radius 1 is 1.47 bits per heavy atom. The van der Waals surface area contributed by atoms with Gasteiger partial charge in [-0.05, 0) is 36.0 Å². The summed E-state index contributed by atoms with van der Waals surface area (Å²) in [6, 6.07) is 3.71. The summed E-state index contributed by atoms with van der Waals surface area (Å²) in [4.78, 5) is 19.0. The van der Waals surface area contributed by atoms with Gasteiger partial charge in [-0.15, -0.1) is 11.3 Å². The summed E-state index contributed by atoms with van der Waals surface area (Å²) in [5.74, 6) is 0.495. The lowest BCUT2D eigenvalue weighted by molar-refractivity contribution is 0.103. The van der Waals surface area contributed by atoms with Gasteiger partial charge in [-0.25, -0.2) is 0 Å². The molecule has 0 aromatic carbocycles. The van der Waals surface area contributed by atoms with E-state index in [9.17, 15) is 4.79 Å². The average molecular weight is 266 g/mol. The number of nitrogens with one attached hydrogen (secondary N) is 2. The fraction of sp³-hybridized carbons (Fsp3) is 0.333. The highest BCUT2D eigenvalue weighted by atomic mass is 32.1. The summed E-state index contributed by atoms with van der Waals surface area (Å²) in [7, 11) is 0. The second-order valence-corrected chi connectivity index (χ2v) is 5.69. The lowest BCUT2D eigenvalue weighted by Crippen LogP contribution is -2.06. The van der Waals surface area contributed by atoms with E-state index in [0.717, 1.165) is 17.0 Å². The maximum atomic E-state index is 12.2. The molecule has 5 heteroatoms. The van der Waals surface area contributed by atoms with Gasteiger partial charge in [-0.1, -0.05) is 19.9 Å². The van der Waals surface area contributed by atoms with Crippen LogP contribution in [-0.4, -0.2) is 15.8 Å². The Morgan fingerprint density at radius 2 is 2.24 bits per heavy atom. The summed E-state index contributed by atoms with van der Waals surface area (Å²) in [5.41, 5.74) is 1.51. The summed E-state index contributed by atoms with van der Waals surface area (Å²) < 4.78 is 0.514. The fourth-order valence-electron chi connectivity index (χ4n) is 1.71. The van der Waals surface area contributed by atoms with Crippen molar-refractivity contribution in [2.45, 2.75) is 20.3 Å².